The molecule has 1 heterocycles. The zero-order chi connectivity index (χ0) is 20.5. The highest BCUT2D eigenvalue weighted by Gasteiger charge is 2.65. The van der Waals surface area contributed by atoms with Crippen LogP contribution in [0.3, 0.4) is 0 Å². The molecule has 0 radical (unpaired) electrons. The van der Waals surface area contributed by atoms with Gasteiger partial charge in [0.2, 0.25) is 5.91 Å². The van der Waals surface area contributed by atoms with Gasteiger partial charge in [-0.1, -0.05) is 47.6 Å². The van der Waals surface area contributed by atoms with Crippen molar-refractivity contribution in [1.29, 1.82) is 0 Å². The number of ketones is 1. The quantitative estimate of drug-likeness (QED) is 0.701. The topological polar surface area (TPSA) is 46.2 Å². The van der Waals surface area contributed by atoms with Crippen molar-refractivity contribution in [3.05, 3.63) is 12.2 Å². The molecule has 0 bridgehead atoms. The van der Waals surface area contributed by atoms with Crippen LogP contribution in [0.1, 0.15) is 86.5 Å². The molecule has 3 nitrogen and oxygen atoms in total. The second-order valence-corrected chi connectivity index (χ2v) is 12.2. The lowest BCUT2D eigenvalue weighted by atomic mass is 9.41. The van der Waals surface area contributed by atoms with E-state index in [0.717, 1.165) is 25.7 Å². The molecule has 0 aromatic carbocycles. The van der Waals surface area contributed by atoms with E-state index in [1.54, 1.807) is 6.08 Å². The molecular formula is C25H39NO2. The maximum atomic E-state index is 13.2. The Hall–Kier alpha value is -1.12. The molecule has 3 heteroatoms. The van der Waals surface area contributed by atoms with Crippen molar-refractivity contribution in [2.45, 2.75) is 92.5 Å². The third-order valence-electron chi connectivity index (χ3n) is 9.61. The Kier molecular flexibility index (Phi) is 4.46. The summed E-state index contributed by atoms with van der Waals surface area (Å²) in [5, 5.41) is 3.26. The van der Waals surface area contributed by atoms with Crippen LogP contribution in [0.5, 0.6) is 0 Å². The summed E-state index contributed by atoms with van der Waals surface area (Å²) in [6.45, 7) is 13.8. The molecule has 156 valence electrons. The Morgan fingerprint density at radius 2 is 1.75 bits per heavy atom. The van der Waals surface area contributed by atoms with Crippen LogP contribution >= 0.6 is 0 Å². The van der Waals surface area contributed by atoms with Crippen molar-refractivity contribution in [1.82, 2.24) is 5.32 Å². The van der Waals surface area contributed by atoms with Gasteiger partial charge in [0.15, 0.2) is 0 Å². The van der Waals surface area contributed by atoms with E-state index in [1.165, 1.54) is 12.8 Å². The summed E-state index contributed by atoms with van der Waals surface area (Å²) in [6.07, 6.45) is 11.5. The highest BCUT2D eigenvalue weighted by Crippen LogP contribution is 2.70. The average Bonchev–Trinajstić information content (AvgIpc) is 2.92. The minimum atomic E-state index is 0.0265. The van der Waals surface area contributed by atoms with Gasteiger partial charge in [-0.05, 0) is 72.7 Å². The SMILES string of the molecule is CC(C)(C)CC(=O)[C@H]1CC[C@H]2C3CC[C@H]4NC(=O)C=C[C@]4(C)[C@@]3(C)CC[C@]12C. The monoisotopic (exact) mass is 385 g/mol. The molecule has 0 spiro atoms. The fourth-order valence-electron chi connectivity index (χ4n) is 7.85. The van der Waals surface area contributed by atoms with E-state index in [9.17, 15) is 9.59 Å². The van der Waals surface area contributed by atoms with Crippen LogP contribution < -0.4 is 5.32 Å². The van der Waals surface area contributed by atoms with E-state index in [4.69, 9.17) is 0 Å². The summed E-state index contributed by atoms with van der Waals surface area (Å²) in [4.78, 5) is 25.2. The number of Topliss-reactive ketones (excluding diaryl/α,β-unsaturated/α-hetero) is 1. The van der Waals surface area contributed by atoms with Crippen LogP contribution in [0.15, 0.2) is 12.2 Å². The Bertz CT molecular complexity index is 719. The van der Waals surface area contributed by atoms with Crippen molar-refractivity contribution in [3.8, 4) is 0 Å². The molecule has 0 aromatic heterocycles. The third-order valence-corrected chi connectivity index (χ3v) is 9.61. The predicted molar refractivity (Wildman–Crippen MR) is 113 cm³/mol. The molecule has 3 fully saturated rings. The van der Waals surface area contributed by atoms with E-state index in [0.29, 0.717) is 24.0 Å². The minimum absolute atomic E-state index is 0.0265. The first kappa shape index (κ1) is 20.2. The van der Waals surface area contributed by atoms with Gasteiger partial charge in [-0.2, -0.15) is 0 Å². The van der Waals surface area contributed by atoms with E-state index in [2.05, 4.69) is 52.9 Å². The molecule has 1 N–H and O–H groups in total. The highest BCUT2D eigenvalue weighted by atomic mass is 16.1. The van der Waals surface area contributed by atoms with Crippen LogP contribution in [-0.4, -0.2) is 17.7 Å². The smallest absolute Gasteiger partial charge is 0.243 e. The summed E-state index contributed by atoms with van der Waals surface area (Å²) in [6, 6.07) is 0.260. The molecule has 0 aromatic rings. The van der Waals surface area contributed by atoms with Crippen LogP contribution in [0.4, 0.5) is 0 Å². The Morgan fingerprint density at radius 3 is 2.43 bits per heavy atom. The fourth-order valence-corrected chi connectivity index (χ4v) is 7.85. The summed E-state index contributed by atoms with van der Waals surface area (Å²) >= 11 is 0. The largest absolute Gasteiger partial charge is 0.349 e. The average molecular weight is 386 g/mol. The molecule has 7 atom stereocenters. The summed E-state index contributed by atoms with van der Waals surface area (Å²) in [7, 11) is 0. The molecule has 28 heavy (non-hydrogen) atoms. The number of nitrogens with one attached hydrogen (secondary N) is 1. The molecule has 1 amide bonds. The van der Waals surface area contributed by atoms with Crippen LogP contribution in [-0.2, 0) is 9.59 Å². The van der Waals surface area contributed by atoms with Gasteiger partial charge in [-0.15, -0.1) is 0 Å². The molecule has 3 aliphatic carbocycles. The van der Waals surface area contributed by atoms with E-state index in [-0.39, 0.29) is 39.5 Å². The number of hydrogen-bond acceptors (Lipinski definition) is 2. The molecule has 0 saturated heterocycles. The van der Waals surface area contributed by atoms with Gasteiger partial charge in [0.05, 0.1) is 0 Å². The first-order valence-electron chi connectivity index (χ1n) is 11.4. The van der Waals surface area contributed by atoms with Gasteiger partial charge in [0.1, 0.15) is 5.78 Å². The number of carbonyl (C=O) groups excluding carboxylic acids is 2. The summed E-state index contributed by atoms with van der Waals surface area (Å²) in [5.74, 6) is 2.11. The van der Waals surface area contributed by atoms with Crippen molar-refractivity contribution < 1.29 is 9.59 Å². The molecule has 4 aliphatic rings. The predicted octanol–water partition coefficient (Wildman–Crippen LogP) is 5.30. The van der Waals surface area contributed by atoms with Crippen molar-refractivity contribution in [3.63, 3.8) is 0 Å². The van der Waals surface area contributed by atoms with Gasteiger partial charge in [-0.3, -0.25) is 9.59 Å². The summed E-state index contributed by atoms with van der Waals surface area (Å²) < 4.78 is 0. The van der Waals surface area contributed by atoms with Crippen molar-refractivity contribution >= 4 is 11.7 Å². The summed E-state index contributed by atoms with van der Waals surface area (Å²) in [5.41, 5.74) is 0.466. The molecule has 1 aliphatic heterocycles. The van der Waals surface area contributed by atoms with E-state index >= 15 is 0 Å². The minimum Gasteiger partial charge on any atom is -0.349 e. The van der Waals surface area contributed by atoms with E-state index in [1.807, 2.05) is 0 Å². The molecule has 4 rings (SSSR count). The van der Waals surface area contributed by atoms with Crippen molar-refractivity contribution in [2.24, 2.45) is 39.4 Å². The van der Waals surface area contributed by atoms with Gasteiger partial charge in [0.25, 0.3) is 0 Å². The van der Waals surface area contributed by atoms with Gasteiger partial charge < -0.3 is 5.32 Å². The Morgan fingerprint density at radius 1 is 1.07 bits per heavy atom. The Balaban J connectivity index is 1.64. The fraction of sp³-hybridized carbons (Fsp3) is 0.840. The van der Waals surface area contributed by atoms with Gasteiger partial charge in [-0.25, -0.2) is 0 Å². The number of amides is 1. The standard InChI is InChI=1S/C25H39NO2/c1-22(2,3)15-19(27)18-8-7-16-17-9-10-20-25(6,12-11-21(28)26-20)24(17,5)14-13-23(16,18)4/h11-12,16-18,20H,7-10,13-15H2,1-6H3,(H,26,28)/t16-,17?,18+,20+,23-,24-,25-/m0/s1. The van der Waals surface area contributed by atoms with Crippen LogP contribution in [0, 0.1) is 39.4 Å². The number of carbonyl (C=O) groups is 2. The lowest BCUT2D eigenvalue weighted by Gasteiger charge is -2.65. The van der Waals surface area contributed by atoms with Gasteiger partial charge in [0, 0.05) is 23.8 Å². The second kappa shape index (κ2) is 6.19. The third kappa shape index (κ3) is 2.75. The first-order valence-corrected chi connectivity index (χ1v) is 11.4. The zero-order valence-electron chi connectivity index (χ0n) is 18.7. The second-order valence-electron chi connectivity index (χ2n) is 12.2. The normalized spacial score (nSPS) is 47.7. The maximum absolute atomic E-state index is 13.2. The number of rotatable bonds is 2. The lowest BCUT2D eigenvalue weighted by molar-refractivity contribution is -0.148. The number of hydrogen-bond donors (Lipinski definition) is 1. The van der Waals surface area contributed by atoms with Gasteiger partial charge >= 0.3 is 0 Å². The Labute approximate surface area is 171 Å². The van der Waals surface area contributed by atoms with Crippen LogP contribution in [0.25, 0.3) is 0 Å². The highest BCUT2D eigenvalue weighted by molar-refractivity contribution is 5.89. The van der Waals surface area contributed by atoms with Crippen LogP contribution in [0.2, 0.25) is 0 Å². The first-order chi connectivity index (χ1) is 12.9. The maximum Gasteiger partial charge on any atom is 0.243 e. The van der Waals surface area contributed by atoms with Crippen molar-refractivity contribution in [2.75, 3.05) is 0 Å². The van der Waals surface area contributed by atoms with E-state index < -0.39 is 0 Å². The number of fused-ring (bicyclic) bond motifs is 5. The molecule has 1 unspecified atom stereocenters. The zero-order valence-corrected chi connectivity index (χ0v) is 18.7. The lowest BCUT2D eigenvalue weighted by Crippen LogP contribution is -2.64. The molecule has 3 saturated carbocycles. The molecular weight excluding hydrogens is 346 g/mol.